The molecule has 0 aromatic heterocycles. The van der Waals surface area contributed by atoms with Crippen LogP contribution in [-0.4, -0.2) is 34.4 Å². The summed E-state index contributed by atoms with van der Waals surface area (Å²) >= 11 is 1.94. The fraction of sp³-hybridized carbons (Fsp3) is 0.455. The number of anilines is 1. The number of thioether (sulfide) groups is 1. The van der Waals surface area contributed by atoms with Gasteiger partial charge in [0.05, 0.1) is 27.0 Å². The van der Waals surface area contributed by atoms with E-state index in [0.29, 0.717) is 11.0 Å². The highest BCUT2D eigenvalue weighted by Gasteiger charge is 2.29. The normalized spacial score (nSPS) is 19.2. The quantitative estimate of drug-likeness (QED) is 0.685. The first-order valence-corrected chi connectivity index (χ1v) is 10.4. The second-order valence-corrected chi connectivity index (χ2v) is 8.46. The molecule has 1 heterocycles. The van der Waals surface area contributed by atoms with Crippen LogP contribution in [0.1, 0.15) is 30.1 Å². The third-order valence-corrected chi connectivity index (χ3v) is 6.76. The van der Waals surface area contributed by atoms with Crippen LogP contribution in [-0.2, 0) is 0 Å². The first kappa shape index (κ1) is 18.4. The van der Waals surface area contributed by atoms with Gasteiger partial charge in [0.25, 0.3) is 0 Å². The molecule has 1 atom stereocenters. The van der Waals surface area contributed by atoms with Gasteiger partial charge in [0.1, 0.15) is 0 Å². The van der Waals surface area contributed by atoms with Gasteiger partial charge in [-0.2, -0.15) is 0 Å². The highest BCUT2D eigenvalue weighted by molar-refractivity contribution is 7.99. The summed E-state index contributed by atoms with van der Waals surface area (Å²) in [7, 11) is 4.99. The largest absolute Gasteiger partial charge is 0.493 e. The molecule has 0 bridgehead atoms. The Balaban J connectivity index is 1.67. The lowest BCUT2D eigenvalue weighted by Crippen LogP contribution is -2.26. The van der Waals surface area contributed by atoms with E-state index in [9.17, 15) is 0 Å². The molecule has 0 spiro atoms. The molecule has 1 aliphatic heterocycles. The summed E-state index contributed by atoms with van der Waals surface area (Å²) in [6, 6.07) is 13.0. The Kier molecular flexibility index (Phi) is 5.39. The maximum atomic E-state index is 5.57. The average Bonchev–Trinajstić information content (AvgIpc) is 3.54. The Labute approximate surface area is 165 Å². The fourth-order valence-corrected chi connectivity index (χ4v) is 5.02. The van der Waals surface area contributed by atoms with E-state index in [-0.39, 0.29) is 0 Å². The van der Waals surface area contributed by atoms with E-state index < -0.39 is 0 Å². The van der Waals surface area contributed by atoms with Gasteiger partial charge < -0.3 is 19.1 Å². The molecule has 0 N–H and O–H groups in total. The molecule has 5 heteroatoms. The van der Waals surface area contributed by atoms with Crippen LogP contribution in [0, 0.1) is 5.92 Å². The van der Waals surface area contributed by atoms with E-state index in [1.54, 1.807) is 21.3 Å². The Morgan fingerprint density at radius 1 is 0.963 bits per heavy atom. The molecule has 0 saturated heterocycles. The summed E-state index contributed by atoms with van der Waals surface area (Å²) in [5, 5.41) is 0.351. The topological polar surface area (TPSA) is 30.9 Å². The van der Waals surface area contributed by atoms with Crippen molar-refractivity contribution < 1.29 is 14.2 Å². The third-order valence-electron chi connectivity index (χ3n) is 5.37. The standard InChI is InChI=1S/C22H27NO3S/c1-24-18-12-16(13-19(25-2)22(18)26-3)20-10-11-23(14-15-8-9-15)17-6-4-5-7-21(17)27-20/h4-7,12-13,15,20H,8-11,14H2,1-3H3. The minimum Gasteiger partial charge on any atom is -0.493 e. The van der Waals surface area contributed by atoms with Crippen molar-refractivity contribution in [1.82, 2.24) is 0 Å². The molecule has 2 aliphatic rings. The van der Waals surface area contributed by atoms with Crippen molar-refractivity contribution >= 4 is 17.4 Å². The van der Waals surface area contributed by atoms with Gasteiger partial charge in [0.15, 0.2) is 11.5 Å². The molecule has 0 amide bonds. The minimum absolute atomic E-state index is 0.351. The van der Waals surface area contributed by atoms with Gasteiger partial charge in [-0.15, -0.1) is 11.8 Å². The molecule has 27 heavy (non-hydrogen) atoms. The first-order valence-electron chi connectivity index (χ1n) is 9.54. The molecule has 1 unspecified atom stereocenters. The Hall–Kier alpha value is -2.01. The van der Waals surface area contributed by atoms with E-state index in [0.717, 1.165) is 30.4 Å². The summed E-state index contributed by atoms with van der Waals surface area (Å²) in [5.41, 5.74) is 2.60. The summed E-state index contributed by atoms with van der Waals surface area (Å²) in [4.78, 5) is 3.94. The molecule has 2 aromatic carbocycles. The smallest absolute Gasteiger partial charge is 0.203 e. The lowest BCUT2D eigenvalue weighted by atomic mass is 10.1. The average molecular weight is 386 g/mol. The van der Waals surface area contributed by atoms with Gasteiger partial charge in [0, 0.05) is 23.2 Å². The SMILES string of the molecule is COc1cc(C2CCN(CC3CC3)c3ccccc3S2)cc(OC)c1OC. The Bertz CT molecular complexity index is 781. The van der Waals surface area contributed by atoms with Crippen LogP contribution in [0.25, 0.3) is 0 Å². The van der Waals surface area contributed by atoms with Crippen molar-refractivity contribution in [2.75, 3.05) is 39.3 Å². The number of nitrogens with zero attached hydrogens (tertiary/aromatic N) is 1. The van der Waals surface area contributed by atoms with Crippen molar-refractivity contribution in [3.63, 3.8) is 0 Å². The molecule has 144 valence electrons. The molecular weight excluding hydrogens is 358 g/mol. The van der Waals surface area contributed by atoms with E-state index in [2.05, 4.69) is 41.3 Å². The summed E-state index contributed by atoms with van der Waals surface area (Å²) in [5.74, 6) is 2.97. The van der Waals surface area contributed by atoms with Crippen LogP contribution in [0.2, 0.25) is 0 Å². The van der Waals surface area contributed by atoms with Gasteiger partial charge in [0.2, 0.25) is 5.75 Å². The number of rotatable bonds is 6. The van der Waals surface area contributed by atoms with Crippen LogP contribution in [0.4, 0.5) is 5.69 Å². The summed E-state index contributed by atoms with van der Waals surface area (Å²) in [6.07, 6.45) is 3.84. The second-order valence-electron chi connectivity index (χ2n) is 7.21. The first-order chi connectivity index (χ1) is 13.2. The number of ether oxygens (including phenoxy) is 3. The highest BCUT2D eigenvalue weighted by atomic mass is 32.2. The van der Waals surface area contributed by atoms with E-state index in [1.165, 1.54) is 35.5 Å². The molecule has 4 rings (SSSR count). The Morgan fingerprint density at radius 2 is 1.67 bits per heavy atom. The molecule has 1 saturated carbocycles. The molecule has 0 radical (unpaired) electrons. The zero-order valence-electron chi connectivity index (χ0n) is 16.2. The molecule has 1 aliphatic carbocycles. The van der Waals surface area contributed by atoms with E-state index in [4.69, 9.17) is 14.2 Å². The van der Waals surface area contributed by atoms with Crippen LogP contribution < -0.4 is 19.1 Å². The fourth-order valence-electron chi connectivity index (χ4n) is 3.75. The van der Waals surface area contributed by atoms with E-state index in [1.807, 2.05) is 11.8 Å². The van der Waals surface area contributed by atoms with Crippen LogP contribution in [0.3, 0.4) is 0 Å². The Morgan fingerprint density at radius 3 is 2.30 bits per heavy atom. The maximum absolute atomic E-state index is 5.57. The molecule has 1 fully saturated rings. The van der Waals surface area contributed by atoms with E-state index >= 15 is 0 Å². The van der Waals surface area contributed by atoms with Crippen molar-refractivity contribution in [1.29, 1.82) is 0 Å². The number of fused-ring (bicyclic) bond motifs is 1. The van der Waals surface area contributed by atoms with Crippen LogP contribution in [0.15, 0.2) is 41.3 Å². The second kappa shape index (κ2) is 7.93. The van der Waals surface area contributed by atoms with Crippen LogP contribution in [0.5, 0.6) is 17.2 Å². The van der Waals surface area contributed by atoms with Gasteiger partial charge >= 0.3 is 0 Å². The summed E-state index contributed by atoms with van der Waals surface area (Å²) < 4.78 is 16.6. The number of para-hydroxylation sites is 1. The minimum atomic E-state index is 0.351. The predicted molar refractivity (Wildman–Crippen MR) is 111 cm³/mol. The number of hydrogen-bond acceptors (Lipinski definition) is 5. The maximum Gasteiger partial charge on any atom is 0.203 e. The van der Waals surface area contributed by atoms with Crippen molar-refractivity contribution in [3.8, 4) is 17.2 Å². The molecule has 4 nitrogen and oxygen atoms in total. The van der Waals surface area contributed by atoms with Gasteiger partial charge in [-0.3, -0.25) is 0 Å². The van der Waals surface area contributed by atoms with Crippen LogP contribution >= 0.6 is 11.8 Å². The number of methoxy groups -OCH3 is 3. The lowest BCUT2D eigenvalue weighted by Gasteiger charge is -2.24. The van der Waals surface area contributed by atoms with Crippen molar-refractivity contribution in [2.45, 2.75) is 29.4 Å². The zero-order chi connectivity index (χ0) is 18.8. The van der Waals surface area contributed by atoms with Gasteiger partial charge in [-0.1, -0.05) is 12.1 Å². The summed E-state index contributed by atoms with van der Waals surface area (Å²) in [6.45, 7) is 2.25. The lowest BCUT2D eigenvalue weighted by molar-refractivity contribution is 0.323. The number of hydrogen-bond donors (Lipinski definition) is 0. The zero-order valence-corrected chi connectivity index (χ0v) is 17.1. The van der Waals surface area contributed by atoms with Gasteiger partial charge in [-0.05, 0) is 55.0 Å². The van der Waals surface area contributed by atoms with Crippen molar-refractivity contribution in [2.24, 2.45) is 5.92 Å². The predicted octanol–water partition coefficient (Wildman–Crippen LogP) is 5.17. The molecule has 2 aromatic rings. The number of benzene rings is 2. The molecular formula is C22H27NO3S. The monoisotopic (exact) mass is 385 g/mol. The third kappa shape index (κ3) is 3.84. The van der Waals surface area contributed by atoms with Crippen molar-refractivity contribution in [3.05, 3.63) is 42.0 Å². The highest BCUT2D eigenvalue weighted by Crippen LogP contribution is 2.49. The van der Waals surface area contributed by atoms with Gasteiger partial charge in [-0.25, -0.2) is 0 Å².